The Balaban J connectivity index is 1.64. The second-order valence-electron chi connectivity index (χ2n) is 6.44. The largest absolute Gasteiger partial charge is 0.376 e. The molecule has 0 spiro atoms. The third-order valence-corrected chi connectivity index (χ3v) is 4.54. The Morgan fingerprint density at radius 1 is 1.11 bits per heavy atom. The van der Waals surface area contributed by atoms with Crippen molar-refractivity contribution in [3.8, 4) is 0 Å². The Kier molecular flexibility index (Phi) is 4.87. The van der Waals surface area contributed by atoms with E-state index >= 15 is 0 Å². The molecule has 4 rings (SSSR count). The SMILES string of the molecule is O=C(Nc1ccc(F)cc1F)c1nn(Cc2ccc(F)cc2)c2c1COCC2. The van der Waals surface area contributed by atoms with E-state index < -0.39 is 17.5 Å². The summed E-state index contributed by atoms with van der Waals surface area (Å²) in [5.74, 6) is -2.54. The molecule has 1 N–H and O–H groups in total. The normalized spacial score (nSPS) is 13.2. The van der Waals surface area contributed by atoms with Gasteiger partial charge in [0, 0.05) is 23.7 Å². The molecule has 5 nitrogen and oxygen atoms in total. The highest BCUT2D eigenvalue weighted by atomic mass is 19.1. The molecular formula is C20H16F3N3O2. The third-order valence-electron chi connectivity index (χ3n) is 4.54. The number of aromatic nitrogens is 2. The quantitative estimate of drug-likeness (QED) is 0.743. The van der Waals surface area contributed by atoms with Crippen LogP contribution in [0.1, 0.15) is 27.3 Å². The third kappa shape index (κ3) is 3.63. The summed E-state index contributed by atoms with van der Waals surface area (Å²) in [6, 6.07) is 8.93. The van der Waals surface area contributed by atoms with Gasteiger partial charge >= 0.3 is 0 Å². The summed E-state index contributed by atoms with van der Waals surface area (Å²) in [6.45, 7) is 1.07. The molecule has 0 fully saturated rings. The number of carbonyl (C=O) groups excluding carboxylic acids is 1. The molecule has 2 heterocycles. The molecule has 2 aromatic carbocycles. The first kappa shape index (κ1) is 18.2. The van der Waals surface area contributed by atoms with Crippen LogP contribution in [0.3, 0.4) is 0 Å². The van der Waals surface area contributed by atoms with Crippen LogP contribution in [0.25, 0.3) is 0 Å². The van der Waals surface area contributed by atoms with Gasteiger partial charge in [-0.15, -0.1) is 0 Å². The van der Waals surface area contributed by atoms with Crippen LogP contribution in [-0.4, -0.2) is 22.3 Å². The summed E-state index contributed by atoms with van der Waals surface area (Å²) in [4.78, 5) is 12.7. The van der Waals surface area contributed by atoms with Gasteiger partial charge in [-0.25, -0.2) is 13.2 Å². The van der Waals surface area contributed by atoms with E-state index in [0.29, 0.717) is 31.2 Å². The minimum atomic E-state index is -0.871. The van der Waals surface area contributed by atoms with Gasteiger partial charge < -0.3 is 10.1 Å². The molecule has 0 aliphatic carbocycles. The fourth-order valence-corrected chi connectivity index (χ4v) is 3.16. The molecule has 0 atom stereocenters. The number of hydrogen-bond acceptors (Lipinski definition) is 3. The number of nitrogens with zero attached hydrogens (tertiary/aromatic N) is 2. The zero-order valence-corrected chi connectivity index (χ0v) is 14.7. The van der Waals surface area contributed by atoms with Gasteiger partial charge in [0.1, 0.15) is 17.5 Å². The number of benzene rings is 2. The predicted octanol–water partition coefficient (Wildman–Crippen LogP) is 3.67. The van der Waals surface area contributed by atoms with E-state index in [-0.39, 0.29) is 23.8 Å². The number of halogens is 3. The van der Waals surface area contributed by atoms with E-state index in [1.165, 1.54) is 12.1 Å². The highest BCUT2D eigenvalue weighted by Crippen LogP contribution is 2.24. The maximum atomic E-state index is 13.9. The summed E-state index contributed by atoms with van der Waals surface area (Å²) in [5, 5.41) is 6.81. The Bertz CT molecular complexity index is 1030. The van der Waals surface area contributed by atoms with E-state index in [1.807, 2.05) is 0 Å². The zero-order chi connectivity index (χ0) is 19.7. The van der Waals surface area contributed by atoms with Crippen LogP contribution in [0.4, 0.5) is 18.9 Å². The monoisotopic (exact) mass is 387 g/mol. The minimum absolute atomic E-state index is 0.125. The van der Waals surface area contributed by atoms with Gasteiger partial charge in [0.2, 0.25) is 0 Å². The number of amides is 1. The molecular weight excluding hydrogens is 371 g/mol. The number of anilines is 1. The molecule has 3 aromatic rings. The van der Waals surface area contributed by atoms with Gasteiger partial charge in [-0.3, -0.25) is 9.48 Å². The van der Waals surface area contributed by atoms with Crippen LogP contribution >= 0.6 is 0 Å². The van der Waals surface area contributed by atoms with Gasteiger partial charge in [-0.1, -0.05) is 12.1 Å². The average molecular weight is 387 g/mol. The van der Waals surface area contributed by atoms with E-state index in [1.54, 1.807) is 16.8 Å². The fourth-order valence-electron chi connectivity index (χ4n) is 3.16. The van der Waals surface area contributed by atoms with Crippen LogP contribution in [0, 0.1) is 17.5 Å². The molecule has 8 heteroatoms. The van der Waals surface area contributed by atoms with Crippen molar-refractivity contribution in [2.24, 2.45) is 0 Å². The van der Waals surface area contributed by atoms with E-state index in [2.05, 4.69) is 10.4 Å². The molecule has 0 radical (unpaired) electrons. The van der Waals surface area contributed by atoms with Crippen molar-refractivity contribution in [1.82, 2.24) is 9.78 Å². The smallest absolute Gasteiger partial charge is 0.276 e. The van der Waals surface area contributed by atoms with Crippen molar-refractivity contribution < 1.29 is 22.7 Å². The predicted molar refractivity (Wildman–Crippen MR) is 95.4 cm³/mol. The van der Waals surface area contributed by atoms with Crippen molar-refractivity contribution in [3.05, 3.63) is 82.4 Å². The van der Waals surface area contributed by atoms with Crippen LogP contribution < -0.4 is 5.32 Å². The molecule has 0 bridgehead atoms. The topological polar surface area (TPSA) is 56.2 Å². The molecule has 0 unspecified atom stereocenters. The zero-order valence-electron chi connectivity index (χ0n) is 14.7. The lowest BCUT2D eigenvalue weighted by Crippen LogP contribution is -2.17. The van der Waals surface area contributed by atoms with Crippen LogP contribution in [0.2, 0.25) is 0 Å². The summed E-state index contributed by atoms with van der Waals surface area (Å²) in [7, 11) is 0. The first-order valence-electron chi connectivity index (χ1n) is 8.68. The van der Waals surface area contributed by atoms with Crippen LogP contribution in [0.15, 0.2) is 42.5 Å². The Labute approximate surface area is 158 Å². The second kappa shape index (κ2) is 7.47. The highest BCUT2D eigenvalue weighted by molar-refractivity contribution is 6.04. The van der Waals surface area contributed by atoms with Gasteiger partial charge in [0.05, 0.1) is 25.4 Å². The molecule has 1 aromatic heterocycles. The van der Waals surface area contributed by atoms with Crippen LogP contribution in [-0.2, 0) is 24.3 Å². The van der Waals surface area contributed by atoms with Gasteiger partial charge in [-0.2, -0.15) is 5.10 Å². The number of ether oxygens (including phenoxy) is 1. The Morgan fingerprint density at radius 3 is 2.61 bits per heavy atom. The van der Waals surface area contributed by atoms with E-state index in [4.69, 9.17) is 4.74 Å². The first-order chi connectivity index (χ1) is 13.5. The molecule has 28 heavy (non-hydrogen) atoms. The van der Waals surface area contributed by atoms with Crippen molar-refractivity contribution in [2.75, 3.05) is 11.9 Å². The lowest BCUT2D eigenvalue weighted by molar-refractivity contribution is 0.0984. The van der Waals surface area contributed by atoms with Crippen molar-refractivity contribution in [1.29, 1.82) is 0 Å². The number of carbonyl (C=O) groups is 1. The summed E-state index contributed by atoms with van der Waals surface area (Å²) in [6.07, 6.45) is 0.571. The molecule has 0 saturated heterocycles. The minimum Gasteiger partial charge on any atom is -0.376 e. The molecule has 1 aliphatic heterocycles. The molecule has 1 aliphatic rings. The number of hydrogen-bond donors (Lipinski definition) is 1. The fraction of sp³-hybridized carbons (Fsp3) is 0.200. The molecule has 144 valence electrons. The maximum absolute atomic E-state index is 13.9. The second-order valence-corrected chi connectivity index (χ2v) is 6.44. The van der Waals surface area contributed by atoms with Gasteiger partial charge in [0.15, 0.2) is 5.69 Å². The number of nitrogens with one attached hydrogen (secondary N) is 1. The standard InChI is InChI=1S/C20H16F3N3O2/c21-13-3-1-12(2-4-13)10-26-18-7-8-28-11-15(18)19(25-26)20(27)24-17-6-5-14(22)9-16(17)23/h1-6,9H,7-8,10-11H2,(H,24,27). The summed E-state index contributed by atoms with van der Waals surface area (Å²) < 4.78 is 47.2. The van der Waals surface area contributed by atoms with Gasteiger partial charge in [-0.05, 0) is 29.8 Å². The van der Waals surface area contributed by atoms with Crippen molar-refractivity contribution >= 4 is 11.6 Å². The Morgan fingerprint density at radius 2 is 1.86 bits per heavy atom. The Hall–Kier alpha value is -3.13. The lowest BCUT2D eigenvalue weighted by Gasteiger charge is -2.15. The molecule has 0 saturated carbocycles. The lowest BCUT2D eigenvalue weighted by atomic mass is 10.1. The van der Waals surface area contributed by atoms with E-state index in [9.17, 15) is 18.0 Å². The average Bonchev–Trinajstić information content (AvgIpc) is 3.05. The summed E-state index contributed by atoms with van der Waals surface area (Å²) in [5.41, 5.74) is 2.30. The van der Waals surface area contributed by atoms with Gasteiger partial charge in [0.25, 0.3) is 5.91 Å². The van der Waals surface area contributed by atoms with Crippen molar-refractivity contribution in [2.45, 2.75) is 19.6 Å². The summed E-state index contributed by atoms with van der Waals surface area (Å²) >= 11 is 0. The highest BCUT2D eigenvalue weighted by Gasteiger charge is 2.26. The number of fused-ring (bicyclic) bond motifs is 1. The van der Waals surface area contributed by atoms with Crippen molar-refractivity contribution in [3.63, 3.8) is 0 Å². The first-order valence-corrected chi connectivity index (χ1v) is 8.68. The molecule has 1 amide bonds. The van der Waals surface area contributed by atoms with Crippen LogP contribution in [0.5, 0.6) is 0 Å². The maximum Gasteiger partial charge on any atom is 0.276 e. The van der Waals surface area contributed by atoms with E-state index in [0.717, 1.165) is 23.4 Å². The number of rotatable bonds is 4.